The van der Waals surface area contributed by atoms with E-state index in [9.17, 15) is 0 Å². The van der Waals surface area contributed by atoms with Gasteiger partial charge in [-0.1, -0.05) is 26.3 Å². The maximum absolute atomic E-state index is 6.19. The van der Waals surface area contributed by atoms with Gasteiger partial charge in [0.1, 0.15) is 5.75 Å². The number of ether oxygens (including phenoxy) is 1. The smallest absolute Gasteiger partial charge is 0.120 e. The van der Waals surface area contributed by atoms with E-state index in [-0.39, 0.29) is 0 Å². The zero-order valence-electron chi connectivity index (χ0n) is 13.1. The lowest BCUT2D eigenvalue weighted by atomic mass is 9.86. The molecule has 0 spiro atoms. The molecule has 0 radical (unpaired) electrons. The minimum atomic E-state index is 0.396. The molecule has 21 heavy (non-hydrogen) atoms. The van der Waals surface area contributed by atoms with Crippen molar-refractivity contribution in [2.75, 3.05) is 0 Å². The maximum Gasteiger partial charge on any atom is 0.120 e. The molecular weight excluding hydrogens is 258 g/mol. The number of benzene rings is 1. The molecule has 0 bridgehead atoms. The Hall–Kier alpha value is -1.57. The van der Waals surface area contributed by atoms with Crippen molar-refractivity contribution in [2.24, 2.45) is 5.92 Å². The minimum absolute atomic E-state index is 0.396. The van der Waals surface area contributed by atoms with Crippen molar-refractivity contribution in [3.8, 4) is 5.75 Å². The zero-order chi connectivity index (χ0) is 14.7. The highest BCUT2D eigenvalue weighted by Gasteiger charge is 2.21. The summed E-state index contributed by atoms with van der Waals surface area (Å²) in [5.74, 6) is 1.91. The van der Waals surface area contributed by atoms with Crippen molar-refractivity contribution >= 4 is 10.9 Å². The van der Waals surface area contributed by atoms with Crippen LogP contribution in [0.5, 0.6) is 5.75 Å². The van der Waals surface area contributed by atoms with Gasteiger partial charge < -0.3 is 4.74 Å². The summed E-state index contributed by atoms with van der Waals surface area (Å²) >= 11 is 0. The van der Waals surface area contributed by atoms with Gasteiger partial charge in [0.15, 0.2) is 0 Å². The van der Waals surface area contributed by atoms with Gasteiger partial charge in [0, 0.05) is 11.1 Å². The monoisotopic (exact) mass is 283 g/mol. The molecule has 0 saturated heterocycles. The molecule has 1 heterocycles. The van der Waals surface area contributed by atoms with Crippen LogP contribution in [0.25, 0.3) is 10.9 Å². The number of pyridine rings is 1. The Labute approximate surface area is 127 Å². The summed E-state index contributed by atoms with van der Waals surface area (Å²) in [6, 6.07) is 10.6. The number of hydrogen-bond acceptors (Lipinski definition) is 2. The first kappa shape index (κ1) is 14.4. The summed E-state index contributed by atoms with van der Waals surface area (Å²) in [6.07, 6.45) is 7.72. The van der Waals surface area contributed by atoms with Crippen molar-refractivity contribution in [3.63, 3.8) is 0 Å². The van der Waals surface area contributed by atoms with E-state index in [2.05, 4.69) is 49.2 Å². The van der Waals surface area contributed by atoms with Crippen LogP contribution in [0.1, 0.15) is 51.6 Å². The number of aryl methyl sites for hydroxylation is 1. The van der Waals surface area contributed by atoms with E-state index in [1.165, 1.54) is 37.5 Å². The fourth-order valence-electron chi connectivity index (χ4n) is 3.27. The molecule has 0 amide bonds. The van der Waals surface area contributed by atoms with Gasteiger partial charge >= 0.3 is 0 Å². The topological polar surface area (TPSA) is 22.1 Å². The summed E-state index contributed by atoms with van der Waals surface area (Å²) in [5, 5.41) is 1.17. The molecule has 0 aliphatic heterocycles. The maximum atomic E-state index is 6.19. The van der Waals surface area contributed by atoms with Gasteiger partial charge in [-0.05, 0) is 62.3 Å². The zero-order valence-corrected chi connectivity index (χ0v) is 13.1. The number of nitrogens with zero attached hydrogens (tertiary/aromatic N) is 1. The highest BCUT2D eigenvalue weighted by Crippen LogP contribution is 2.30. The van der Waals surface area contributed by atoms with E-state index in [1.54, 1.807) is 0 Å². The van der Waals surface area contributed by atoms with Crippen LogP contribution in [-0.4, -0.2) is 11.1 Å². The number of fused-ring (bicyclic) bond motifs is 1. The van der Waals surface area contributed by atoms with Crippen molar-refractivity contribution in [2.45, 2.75) is 58.5 Å². The van der Waals surface area contributed by atoms with Crippen LogP contribution in [0.2, 0.25) is 0 Å². The molecular formula is C19H25NO. The summed E-state index contributed by atoms with van der Waals surface area (Å²) in [5.41, 5.74) is 2.21. The minimum Gasteiger partial charge on any atom is -0.490 e. The van der Waals surface area contributed by atoms with Gasteiger partial charge in [-0.3, -0.25) is 4.98 Å². The second kappa shape index (κ2) is 6.46. The molecule has 1 aromatic carbocycles. The first-order chi connectivity index (χ1) is 10.3. The molecule has 0 N–H and O–H groups in total. The normalized spacial score (nSPS) is 22.4. The third-order valence-electron chi connectivity index (χ3n) is 4.75. The Kier molecular flexibility index (Phi) is 4.42. The molecule has 2 heteroatoms. The first-order valence-electron chi connectivity index (χ1n) is 8.34. The average molecular weight is 283 g/mol. The summed E-state index contributed by atoms with van der Waals surface area (Å²) in [6.45, 7) is 4.44. The standard InChI is InChI=1S/C19H25NO/c1-3-14-5-9-17(10-6-14)21-18-11-12-19-15(13-18)7-8-16(4-2)20-19/h7-8,11-14,17H,3-6,9-10H2,1-2H3. The van der Waals surface area contributed by atoms with Gasteiger partial charge in [-0.2, -0.15) is 0 Å². The largest absolute Gasteiger partial charge is 0.490 e. The third kappa shape index (κ3) is 3.37. The Morgan fingerprint density at radius 3 is 2.57 bits per heavy atom. The van der Waals surface area contributed by atoms with Gasteiger partial charge in [0.05, 0.1) is 11.6 Å². The molecule has 0 atom stereocenters. The van der Waals surface area contributed by atoms with Gasteiger partial charge in [-0.15, -0.1) is 0 Å². The lowest BCUT2D eigenvalue weighted by Crippen LogP contribution is -2.23. The van der Waals surface area contributed by atoms with Gasteiger partial charge in [-0.25, -0.2) is 0 Å². The molecule has 112 valence electrons. The Bertz CT molecular complexity index is 600. The molecule has 1 aromatic heterocycles. The van der Waals surface area contributed by atoms with Crippen molar-refractivity contribution in [1.29, 1.82) is 0 Å². The molecule has 1 fully saturated rings. The second-order valence-electron chi connectivity index (χ2n) is 6.18. The number of rotatable bonds is 4. The van der Waals surface area contributed by atoms with Gasteiger partial charge in [0.2, 0.25) is 0 Å². The molecule has 1 aliphatic rings. The molecule has 3 rings (SSSR count). The lowest BCUT2D eigenvalue weighted by molar-refractivity contribution is 0.130. The van der Waals surface area contributed by atoms with E-state index >= 15 is 0 Å². The van der Waals surface area contributed by atoms with Crippen molar-refractivity contribution < 1.29 is 4.74 Å². The lowest BCUT2D eigenvalue weighted by Gasteiger charge is -2.28. The molecule has 1 saturated carbocycles. The van der Waals surface area contributed by atoms with E-state index in [4.69, 9.17) is 4.74 Å². The Morgan fingerprint density at radius 1 is 1.05 bits per heavy atom. The number of aromatic nitrogens is 1. The SMILES string of the molecule is CCc1ccc2cc(OC3CCC(CC)CC3)ccc2n1. The fourth-order valence-corrected chi connectivity index (χ4v) is 3.27. The fraction of sp³-hybridized carbons (Fsp3) is 0.526. The van der Waals surface area contributed by atoms with E-state index in [1.807, 2.05) is 0 Å². The van der Waals surface area contributed by atoms with Crippen LogP contribution in [0, 0.1) is 5.92 Å². The quantitative estimate of drug-likeness (QED) is 0.774. The molecule has 1 aliphatic carbocycles. The summed E-state index contributed by atoms with van der Waals surface area (Å²) in [7, 11) is 0. The van der Waals surface area contributed by atoms with E-state index < -0.39 is 0 Å². The van der Waals surface area contributed by atoms with Crippen LogP contribution in [0.4, 0.5) is 0 Å². The molecule has 2 aromatic rings. The van der Waals surface area contributed by atoms with Gasteiger partial charge in [0.25, 0.3) is 0 Å². The highest BCUT2D eigenvalue weighted by atomic mass is 16.5. The summed E-state index contributed by atoms with van der Waals surface area (Å²) < 4.78 is 6.19. The number of hydrogen-bond donors (Lipinski definition) is 0. The molecule has 0 unspecified atom stereocenters. The van der Waals surface area contributed by atoms with Crippen molar-refractivity contribution in [1.82, 2.24) is 4.98 Å². The van der Waals surface area contributed by atoms with Crippen LogP contribution in [0.15, 0.2) is 30.3 Å². The molecule has 2 nitrogen and oxygen atoms in total. The van der Waals surface area contributed by atoms with E-state index in [0.29, 0.717) is 6.10 Å². The van der Waals surface area contributed by atoms with Crippen LogP contribution in [0.3, 0.4) is 0 Å². The van der Waals surface area contributed by atoms with Crippen LogP contribution < -0.4 is 4.74 Å². The second-order valence-corrected chi connectivity index (χ2v) is 6.18. The van der Waals surface area contributed by atoms with Crippen LogP contribution >= 0.6 is 0 Å². The first-order valence-corrected chi connectivity index (χ1v) is 8.34. The Morgan fingerprint density at radius 2 is 1.86 bits per heavy atom. The predicted molar refractivity (Wildman–Crippen MR) is 87.8 cm³/mol. The third-order valence-corrected chi connectivity index (χ3v) is 4.75. The van der Waals surface area contributed by atoms with Crippen LogP contribution in [-0.2, 0) is 6.42 Å². The Balaban J connectivity index is 1.70. The average Bonchev–Trinajstić information content (AvgIpc) is 2.55. The van der Waals surface area contributed by atoms with Crippen molar-refractivity contribution in [3.05, 3.63) is 36.0 Å². The van der Waals surface area contributed by atoms with E-state index in [0.717, 1.165) is 29.3 Å². The highest BCUT2D eigenvalue weighted by molar-refractivity contribution is 5.80. The summed E-state index contributed by atoms with van der Waals surface area (Å²) in [4.78, 5) is 4.65. The predicted octanol–water partition coefficient (Wildman–Crippen LogP) is 5.14.